The molecule has 1 rings (SSSR count). The van der Waals surface area contributed by atoms with Crippen LogP contribution in [0.2, 0.25) is 0 Å². The zero-order valence-corrected chi connectivity index (χ0v) is 8.84. The number of hydrogen-bond donors (Lipinski definition) is 1. The van der Waals surface area contributed by atoms with Crippen LogP contribution >= 0.6 is 0 Å². The molecule has 0 heterocycles. The molecular weight excluding hydrogens is 180 g/mol. The number of carbonyl (C=O) groups excluding carboxylic acids is 1. The van der Waals surface area contributed by atoms with Gasteiger partial charge in [0.15, 0.2) is 17.3 Å². The van der Waals surface area contributed by atoms with Gasteiger partial charge in [0.25, 0.3) is 0 Å². The highest BCUT2D eigenvalue weighted by atomic mass is 16.5. The van der Waals surface area contributed by atoms with Crippen LogP contribution in [-0.4, -0.2) is 18.0 Å². The molecule has 0 unspecified atom stereocenters. The molecule has 0 atom stereocenters. The molecule has 0 fully saturated rings. The van der Waals surface area contributed by atoms with Gasteiger partial charge in [0.05, 0.1) is 12.7 Å². The zero-order valence-electron chi connectivity index (χ0n) is 8.84. The molecule has 0 saturated carbocycles. The first-order valence-electron chi connectivity index (χ1n) is 4.37. The van der Waals surface area contributed by atoms with E-state index < -0.39 is 0 Å². The minimum atomic E-state index is -0.163. The van der Waals surface area contributed by atoms with Gasteiger partial charge in [-0.3, -0.25) is 4.79 Å². The average molecular weight is 194 g/mol. The van der Waals surface area contributed by atoms with Crippen molar-refractivity contribution in [2.75, 3.05) is 7.11 Å². The zero-order chi connectivity index (χ0) is 10.9. The Bertz CT molecular complexity index is 381. The van der Waals surface area contributed by atoms with Crippen LogP contribution < -0.4 is 4.74 Å². The van der Waals surface area contributed by atoms with Crippen molar-refractivity contribution in [2.24, 2.45) is 0 Å². The lowest BCUT2D eigenvalue weighted by molar-refractivity contribution is 0.101. The van der Waals surface area contributed by atoms with E-state index in [1.807, 2.05) is 13.8 Å². The smallest absolute Gasteiger partial charge is 0.168 e. The van der Waals surface area contributed by atoms with Gasteiger partial charge in [0, 0.05) is 0 Å². The Hall–Kier alpha value is -1.51. The highest BCUT2D eigenvalue weighted by Gasteiger charge is 2.15. The Morgan fingerprint density at radius 1 is 1.43 bits per heavy atom. The molecule has 0 aliphatic heterocycles. The van der Waals surface area contributed by atoms with Crippen molar-refractivity contribution < 1.29 is 14.6 Å². The number of hydrogen-bond acceptors (Lipinski definition) is 3. The summed E-state index contributed by atoms with van der Waals surface area (Å²) in [6.07, 6.45) is 0. The predicted molar refractivity (Wildman–Crippen MR) is 54.1 cm³/mol. The van der Waals surface area contributed by atoms with E-state index in [4.69, 9.17) is 4.74 Å². The van der Waals surface area contributed by atoms with Crippen molar-refractivity contribution in [1.29, 1.82) is 0 Å². The number of Topliss-reactive ketones (excluding diaryl/α,β-unsaturated/α-hetero) is 1. The summed E-state index contributed by atoms with van der Waals surface area (Å²) in [5.74, 6) is 0.155. The van der Waals surface area contributed by atoms with Crippen molar-refractivity contribution >= 4 is 5.78 Å². The average Bonchev–Trinajstić information content (AvgIpc) is 2.12. The first kappa shape index (κ1) is 10.6. The highest BCUT2D eigenvalue weighted by Crippen LogP contribution is 2.35. The number of carbonyl (C=O) groups is 1. The number of phenols is 1. The SMILES string of the molecule is COc1c(C)c(C)cc(C(C)=O)c1O. The Kier molecular flexibility index (Phi) is 2.79. The third-order valence-corrected chi connectivity index (χ3v) is 2.35. The van der Waals surface area contributed by atoms with E-state index in [1.54, 1.807) is 6.07 Å². The summed E-state index contributed by atoms with van der Waals surface area (Å²) in [6.45, 7) is 5.14. The first-order valence-corrected chi connectivity index (χ1v) is 4.37. The van der Waals surface area contributed by atoms with Gasteiger partial charge in [-0.2, -0.15) is 0 Å². The lowest BCUT2D eigenvalue weighted by Gasteiger charge is -2.12. The van der Waals surface area contributed by atoms with Gasteiger partial charge in [0.1, 0.15) is 0 Å². The van der Waals surface area contributed by atoms with E-state index >= 15 is 0 Å². The van der Waals surface area contributed by atoms with E-state index in [0.29, 0.717) is 11.3 Å². The summed E-state index contributed by atoms with van der Waals surface area (Å²) in [7, 11) is 1.48. The standard InChI is InChI=1S/C11H14O3/c1-6-5-9(8(3)12)10(13)11(14-4)7(6)2/h5,13H,1-4H3. The maximum absolute atomic E-state index is 11.2. The van der Waals surface area contributed by atoms with Crippen LogP contribution in [0.25, 0.3) is 0 Å². The molecule has 0 radical (unpaired) electrons. The van der Waals surface area contributed by atoms with E-state index in [2.05, 4.69) is 0 Å². The quantitative estimate of drug-likeness (QED) is 0.734. The molecule has 0 spiro atoms. The van der Waals surface area contributed by atoms with Crippen LogP contribution in [0.4, 0.5) is 0 Å². The predicted octanol–water partition coefficient (Wildman–Crippen LogP) is 2.22. The lowest BCUT2D eigenvalue weighted by Crippen LogP contribution is -1.99. The van der Waals surface area contributed by atoms with Gasteiger partial charge in [-0.1, -0.05) is 0 Å². The third kappa shape index (κ3) is 1.58. The van der Waals surface area contributed by atoms with Crippen LogP contribution in [0.3, 0.4) is 0 Å². The van der Waals surface area contributed by atoms with Gasteiger partial charge >= 0.3 is 0 Å². The minimum Gasteiger partial charge on any atom is -0.504 e. The molecule has 0 aliphatic carbocycles. The maximum atomic E-state index is 11.2. The van der Waals surface area contributed by atoms with Gasteiger partial charge in [0.2, 0.25) is 0 Å². The number of aryl methyl sites for hydroxylation is 1. The second-order valence-corrected chi connectivity index (χ2v) is 3.30. The molecule has 1 aromatic carbocycles. The normalized spacial score (nSPS) is 10.0. The summed E-state index contributed by atoms with van der Waals surface area (Å²) in [5, 5.41) is 9.72. The number of methoxy groups -OCH3 is 1. The molecule has 0 bridgehead atoms. The second kappa shape index (κ2) is 3.70. The van der Waals surface area contributed by atoms with Gasteiger partial charge in [-0.15, -0.1) is 0 Å². The Morgan fingerprint density at radius 2 is 2.00 bits per heavy atom. The van der Waals surface area contributed by atoms with Crippen LogP contribution in [-0.2, 0) is 0 Å². The van der Waals surface area contributed by atoms with E-state index in [0.717, 1.165) is 11.1 Å². The summed E-state index contributed by atoms with van der Waals surface area (Å²) in [4.78, 5) is 11.2. The van der Waals surface area contributed by atoms with Gasteiger partial charge in [-0.25, -0.2) is 0 Å². The Morgan fingerprint density at radius 3 is 2.43 bits per heavy atom. The molecule has 76 valence electrons. The number of benzene rings is 1. The largest absolute Gasteiger partial charge is 0.504 e. The van der Waals surface area contributed by atoms with E-state index in [-0.39, 0.29) is 11.5 Å². The molecule has 3 heteroatoms. The van der Waals surface area contributed by atoms with Crippen molar-refractivity contribution in [1.82, 2.24) is 0 Å². The lowest BCUT2D eigenvalue weighted by atomic mass is 10.0. The van der Waals surface area contributed by atoms with Crippen LogP contribution in [0.5, 0.6) is 11.5 Å². The van der Waals surface area contributed by atoms with Crippen molar-refractivity contribution in [3.63, 3.8) is 0 Å². The van der Waals surface area contributed by atoms with Gasteiger partial charge < -0.3 is 9.84 Å². The number of ether oxygens (including phenoxy) is 1. The van der Waals surface area contributed by atoms with E-state index in [9.17, 15) is 9.90 Å². The van der Waals surface area contributed by atoms with Crippen LogP contribution in [0.1, 0.15) is 28.4 Å². The molecule has 14 heavy (non-hydrogen) atoms. The molecule has 1 N–H and O–H groups in total. The summed E-state index contributed by atoms with van der Waals surface area (Å²) < 4.78 is 5.05. The molecule has 0 aliphatic rings. The fraction of sp³-hybridized carbons (Fsp3) is 0.364. The second-order valence-electron chi connectivity index (χ2n) is 3.30. The van der Waals surface area contributed by atoms with Crippen molar-refractivity contribution in [2.45, 2.75) is 20.8 Å². The Labute approximate surface area is 83.3 Å². The first-order chi connectivity index (χ1) is 6.49. The number of rotatable bonds is 2. The monoisotopic (exact) mass is 194 g/mol. The molecule has 1 aromatic rings. The van der Waals surface area contributed by atoms with Gasteiger partial charge in [-0.05, 0) is 38.0 Å². The number of ketones is 1. The molecule has 0 aromatic heterocycles. The van der Waals surface area contributed by atoms with E-state index in [1.165, 1.54) is 14.0 Å². The fourth-order valence-electron chi connectivity index (χ4n) is 1.39. The van der Waals surface area contributed by atoms with Crippen LogP contribution in [0.15, 0.2) is 6.07 Å². The van der Waals surface area contributed by atoms with Crippen LogP contribution in [0, 0.1) is 13.8 Å². The summed E-state index contributed by atoms with van der Waals surface area (Å²) in [6, 6.07) is 1.68. The molecule has 3 nitrogen and oxygen atoms in total. The van der Waals surface area contributed by atoms with Crippen molar-refractivity contribution in [3.05, 3.63) is 22.8 Å². The summed E-state index contributed by atoms with van der Waals surface area (Å²) in [5.41, 5.74) is 2.10. The van der Waals surface area contributed by atoms with Crippen molar-refractivity contribution in [3.8, 4) is 11.5 Å². The maximum Gasteiger partial charge on any atom is 0.168 e. The fourth-order valence-corrected chi connectivity index (χ4v) is 1.39. The third-order valence-electron chi connectivity index (χ3n) is 2.35. The topological polar surface area (TPSA) is 46.5 Å². The highest BCUT2D eigenvalue weighted by molar-refractivity contribution is 5.98. The number of aromatic hydroxyl groups is 1. The Balaban J connectivity index is 3.50. The molecule has 0 saturated heterocycles. The minimum absolute atomic E-state index is 0.0666. The molecular formula is C11H14O3. The summed E-state index contributed by atoms with van der Waals surface area (Å²) >= 11 is 0. The number of phenolic OH excluding ortho intramolecular Hbond substituents is 1. The molecule has 0 amide bonds.